The molecule has 176 valence electrons. The topological polar surface area (TPSA) is 105 Å². The molecule has 2 heterocycles. The number of ether oxygens (including phenoxy) is 1. The van der Waals surface area contributed by atoms with Crippen molar-refractivity contribution in [2.75, 3.05) is 23.7 Å². The van der Waals surface area contributed by atoms with Crippen LogP contribution in [0, 0.1) is 19.8 Å². The molecular weight excluding hydrogens is 442 g/mol. The van der Waals surface area contributed by atoms with Crippen LogP contribution in [0.2, 0.25) is 0 Å². The van der Waals surface area contributed by atoms with Gasteiger partial charge in [0.1, 0.15) is 5.75 Å². The number of amides is 2. The fourth-order valence-corrected chi connectivity index (χ4v) is 6.04. The summed E-state index contributed by atoms with van der Waals surface area (Å²) in [5.41, 5.74) is 2.67. The Kier molecular flexibility index (Phi) is 6.45. The Balaban J connectivity index is 1.55. The minimum atomic E-state index is -3.85. The van der Waals surface area contributed by atoms with Crippen molar-refractivity contribution in [1.29, 1.82) is 0 Å². The number of para-hydroxylation sites is 1. The molecule has 2 atom stereocenters. The number of sulfonamides is 1. The van der Waals surface area contributed by atoms with E-state index >= 15 is 0 Å². The van der Waals surface area contributed by atoms with Crippen LogP contribution in [0.1, 0.15) is 37.3 Å². The highest BCUT2D eigenvalue weighted by atomic mass is 32.2. The molecule has 2 unspecified atom stereocenters. The summed E-state index contributed by atoms with van der Waals surface area (Å²) in [6.45, 7) is 5.90. The second-order valence-electron chi connectivity index (χ2n) is 8.62. The Morgan fingerprint density at radius 2 is 1.97 bits per heavy atom. The molecule has 4 rings (SSSR count). The van der Waals surface area contributed by atoms with Crippen LogP contribution in [0.15, 0.2) is 41.3 Å². The van der Waals surface area contributed by atoms with E-state index in [1.165, 1.54) is 10.4 Å². The number of nitrogens with one attached hydrogen (secondary N) is 2. The predicted octanol–water partition coefficient (Wildman–Crippen LogP) is 3.45. The molecule has 0 spiro atoms. The fourth-order valence-electron chi connectivity index (χ4n) is 4.29. The highest BCUT2D eigenvalue weighted by Crippen LogP contribution is 2.36. The van der Waals surface area contributed by atoms with Gasteiger partial charge in [-0.15, -0.1) is 0 Å². The molecule has 33 heavy (non-hydrogen) atoms. The Bertz CT molecular complexity index is 1190. The minimum absolute atomic E-state index is 0.117. The maximum atomic E-state index is 13.5. The third-order valence-electron chi connectivity index (χ3n) is 6.24. The zero-order valence-corrected chi connectivity index (χ0v) is 19.9. The highest BCUT2D eigenvalue weighted by Gasteiger charge is 2.36. The highest BCUT2D eigenvalue weighted by molar-refractivity contribution is 7.89. The summed E-state index contributed by atoms with van der Waals surface area (Å²) in [5, 5.41) is 5.72. The third-order valence-corrected chi connectivity index (χ3v) is 8.25. The lowest BCUT2D eigenvalue weighted by Crippen LogP contribution is -2.44. The zero-order valence-electron chi connectivity index (χ0n) is 19.1. The number of hydrogen-bond donors (Lipinski definition) is 2. The Labute approximate surface area is 194 Å². The van der Waals surface area contributed by atoms with E-state index in [1.54, 1.807) is 13.0 Å². The van der Waals surface area contributed by atoms with E-state index in [0.29, 0.717) is 42.8 Å². The number of rotatable bonds is 5. The predicted molar refractivity (Wildman–Crippen MR) is 126 cm³/mol. The number of piperidine rings is 1. The fraction of sp³-hybridized carbons (Fsp3) is 0.417. The van der Waals surface area contributed by atoms with Crippen molar-refractivity contribution in [3.63, 3.8) is 0 Å². The molecule has 2 amide bonds. The molecule has 0 aliphatic carbocycles. The number of anilines is 2. The maximum absolute atomic E-state index is 13.5. The van der Waals surface area contributed by atoms with E-state index in [4.69, 9.17) is 4.74 Å². The van der Waals surface area contributed by atoms with E-state index in [9.17, 15) is 18.0 Å². The standard InChI is InChI=1S/C24H29N3O5S/c1-4-20-24(29)26-19-12-16(3)22(13-21(19)32-20)33(30,31)27-11-7-9-17(14-27)23(28)25-18-10-6-5-8-15(18)2/h5-6,8,10,12-13,17,20H,4,7,9,11,14H2,1-3H3,(H,25,28)(H,26,29). The quantitative estimate of drug-likeness (QED) is 0.695. The third kappa shape index (κ3) is 4.60. The summed E-state index contributed by atoms with van der Waals surface area (Å²) >= 11 is 0. The van der Waals surface area contributed by atoms with Crippen LogP contribution in [0.25, 0.3) is 0 Å². The molecule has 2 aromatic carbocycles. The lowest BCUT2D eigenvalue weighted by molar-refractivity contribution is -0.123. The van der Waals surface area contributed by atoms with Crippen LogP contribution < -0.4 is 15.4 Å². The number of aryl methyl sites for hydroxylation is 2. The molecule has 1 fully saturated rings. The summed E-state index contributed by atoms with van der Waals surface area (Å²) in [6, 6.07) is 10.6. The van der Waals surface area contributed by atoms with Crippen molar-refractivity contribution >= 4 is 33.2 Å². The molecule has 0 radical (unpaired) electrons. The normalized spacial score (nSPS) is 21.0. The van der Waals surface area contributed by atoms with Gasteiger partial charge >= 0.3 is 0 Å². The van der Waals surface area contributed by atoms with Crippen molar-refractivity contribution in [1.82, 2.24) is 4.31 Å². The number of carbonyl (C=O) groups excluding carboxylic acids is 2. The van der Waals surface area contributed by atoms with E-state index in [2.05, 4.69) is 10.6 Å². The number of carbonyl (C=O) groups is 2. The summed E-state index contributed by atoms with van der Waals surface area (Å²) in [5.74, 6) is -0.510. The van der Waals surface area contributed by atoms with Crippen LogP contribution in [0.3, 0.4) is 0 Å². The van der Waals surface area contributed by atoms with Gasteiger partial charge in [0.25, 0.3) is 5.91 Å². The molecule has 2 aliphatic rings. The molecular formula is C24H29N3O5S. The van der Waals surface area contributed by atoms with Gasteiger partial charge < -0.3 is 15.4 Å². The van der Waals surface area contributed by atoms with Gasteiger partial charge in [-0.25, -0.2) is 8.42 Å². The van der Waals surface area contributed by atoms with Crippen LogP contribution in [0.5, 0.6) is 5.75 Å². The number of benzene rings is 2. The lowest BCUT2D eigenvalue weighted by atomic mass is 9.98. The number of nitrogens with zero attached hydrogens (tertiary/aromatic N) is 1. The monoisotopic (exact) mass is 471 g/mol. The number of hydrogen-bond acceptors (Lipinski definition) is 5. The Morgan fingerprint density at radius 1 is 1.21 bits per heavy atom. The van der Waals surface area contributed by atoms with Crippen molar-refractivity contribution < 1.29 is 22.7 Å². The largest absolute Gasteiger partial charge is 0.478 e. The van der Waals surface area contributed by atoms with Crippen molar-refractivity contribution in [2.24, 2.45) is 5.92 Å². The van der Waals surface area contributed by atoms with Gasteiger partial charge in [0.15, 0.2) is 6.10 Å². The van der Waals surface area contributed by atoms with Crippen molar-refractivity contribution in [3.8, 4) is 5.75 Å². The molecule has 8 nitrogen and oxygen atoms in total. The van der Waals surface area contributed by atoms with E-state index < -0.39 is 22.0 Å². The van der Waals surface area contributed by atoms with Gasteiger partial charge in [0, 0.05) is 24.8 Å². The summed E-state index contributed by atoms with van der Waals surface area (Å²) in [4.78, 5) is 25.1. The maximum Gasteiger partial charge on any atom is 0.265 e. The summed E-state index contributed by atoms with van der Waals surface area (Å²) in [7, 11) is -3.85. The summed E-state index contributed by atoms with van der Waals surface area (Å²) < 4.78 is 34.2. The number of fused-ring (bicyclic) bond motifs is 1. The Morgan fingerprint density at radius 3 is 2.70 bits per heavy atom. The summed E-state index contributed by atoms with van der Waals surface area (Å²) in [6.07, 6.45) is 1.05. The van der Waals surface area contributed by atoms with E-state index in [0.717, 1.165) is 11.3 Å². The molecule has 9 heteroatoms. The molecule has 2 aromatic rings. The first-order valence-electron chi connectivity index (χ1n) is 11.2. The molecule has 0 bridgehead atoms. The van der Waals surface area contributed by atoms with Gasteiger partial charge in [-0.1, -0.05) is 25.1 Å². The van der Waals surface area contributed by atoms with E-state index in [1.807, 2.05) is 38.1 Å². The van der Waals surface area contributed by atoms with Crippen molar-refractivity contribution in [3.05, 3.63) is 47.5 Å². The second-order valence-corrected chi connectivity index (χ2v) is 10.5. The van der Waals surface area contributed by atoms with Crippen LogP contribution in [-0.4, -0.2) is 43.7 Å². The smallest absolute Gasteiger partial charge is 0.265 e. The van der Waals surface area contributed by atoms with Gasteiger partial charge in [-0.2, -0.15) is 4.31 Å². The second kappa shape index (κ2) is 9.15. The van der Waals surface area contributed by atoms with Crippen LogP contribution in [-0.2, 0) is 19.6 Å². The first-order valence-corrected chi connectivity index (χ1v) is 12.6. The van der Waals surface area contributed by atoms with Crippen LogP contribution >= 0.6 is 0 Å². The molecule has 0 aromatic heterocycles. The minimum Gasteiger partial charge on any atom is -0.478 e. The van der Waals surface area contributed by atoms with Gasteiger partial charge in [0.05, 0.1) is 16.5 Å². The Hall–Kier alpha value is -2.91. The first-order chi connectivity index (χ1) is 15.7. The van der Waals surface area contributed by atoms with Gasteiger partial charge in [0.2, 0.25) is 15.9 Å². The van der Waals surface area contributed by atoms with Crippen LogP contribution in [0.4, 0.5) is 11.4 Å². The van der Waals surface area contributed by atoms with Crippen molar-refractivity contribution in [2.45, 2.75) is 51.0 Å². The van der Waals surface area contributed by atoms with E-state index in [-0.39, 0.29) is 23.3 Å². The van der Waals surface area contributed by atoms with Gasteiger partial charge in [-0.05, 0) is 56.4 Å². The lowest BCUT2D eigenvalue weighted by Gasteiger charge is -2.32. The molecule has 1 saturated heterocycles. The average Bonchev–Trinajstić information content (AvgIpc) is 2.79. The first kappa shape index (κ1) is 23.3. The molecule has 2 N–H and O–H groups in total. The zero-order chi connectivity index (χ0) is 23.8. The average molecular weight is 472 g/mol. The van der Waals surface area contributed by atoms with Gasteiger partial charge in [-0.3, -0.25) is 9.59 Å². The molecule has 0 saturated carbocycles. The SMILES string of the molecule is CCC1Oc2cc(S(=O)(=O)N3CCCC(C(=O)Nc4ccccc4C)C3)c(C)cc2NC1=O. The molecule has 2 aliphatic heterocycles.